The Balaban J connectivity index is 2.71. The first-order valence-electron chi connectivity index (χ1n) is 5.40. The molecular formula is C13H14N2O3. The summed E-state index contributed by atoms with van der Waals surface area (Å²) in [5, 5.41) is 0.741. The quantitative estimate of drug-likeness (QED) is 0.635. The molecule has 1 aromatic heterocycles. The smallest absolute Gasteiger partial charge is 0.294 e. The summed E-state index contributed by atoms with van der Waals surface area (Å²) in [6.45, 7) is 3.78. The maximum absolute atomic E-state index is 11.9. The van der Waals surface area contributed by atoms with Crippen LogP contribution in [-0.4, -0.2) is 18.7 Å². The SMILES string of the molecule is C=CCOc1c(OC)c2ccc(N)cc2[nH]c1=O. The van der Waals surface area contributed by atoms with Gasteiger partial charge in [-0.05, 0) is 18.2 Å². The molecule has 94 valence electrons. The van der Waals surface area contributed by atoms with Gasteiger partial charge in [0, 0.05) is 11.1 Å². The number of rotatable bonds is 4. The zero-order valence-electron chi connectivity index (χ0n) is 10.0. The van der Waals surface area contributed by atoms with E-state index in [1.165, 1.54) is 7.11 Å². The van der Waals surface area contributed by atoms with Gasteiger partial charge in [0.25, 0.3) is 5.56 Å². The first-order chi connectivity index (χ1) is 8.67. The van der Waals surface area contributed by atoms with Crippen LogP contribution >= 0.6 is 0 Å². The maximum Gasteiger partial charge on any atom is 0.294 e. The zero-order valence-corrected chi connectivity index (χ0v) is 10.0. The lowest BCUT2D eigenvalue weighted by atomic mass is 10.2. The van der Waals surface area contributed by atoms with Gasteiger partial charge in [0.2, 0.25) is 5.75 Å². The predicted molar refractivity (Wildman–Crippen MR) is 71.2 cm³/mol. The van der Waals surface area contributed by atoms with Gasteiger partial charge in [-0.2, -0.15) is 0 Å². The molecule has 0 aliphatic rings. The molecular weight excluding hydrogens is 232 g/mol. The van der Waals surface area contributed by atoms with E-state index in [0.717, 1.165) is 5.39 Å². The Bertz CT molecular complexity index is 646. The van der Waals surface area contributed by atoms with Gasteiger partial charge in [-0.3, -0.25) is 4.79 Å². The lowest BCUT2D eigenvalue weighted by Gasteiger charge is -2.11. The number of H-pyrrole nitrogens is 1. The van der Waals surface area contributed by atoms with Crippen LogP contribution in [0.5, 0.6) is 11.5 Å². The molecule has 0 amide bonds. The van der Waals surface area contributed by atoms with E-state index in [1.807, 2.05) is 0 Å². The monoisotopic (exact) mass is 246 g/mol. The van der Waals surface area contributed by atoms with Gasteiger partial charge in [-0.15, -0.1) is 0 Å². The molecule has 0 fully saturated rings. The first-order valence-corrected chi connectivity index (χ1v) is 5.40. The summed E-state index contributed by atoms with van der Waals surface area (Å²) in [5.74, 6) is 0.547. The molecule has 0 atom stereocenters. The molecule has 3 N–H and O–H groups in total. The van der Waals surface area contributed by atoms with Crippen molar-refractivity contribution in [2.45, 2.75) is 0 Å². The van der Waals surface area contributed by atoms with Crippen LogP contribution in [0.2, 0.25) is 0 Å². The van der Waals surface area contributed by atoms with Crippen LogP contribution in [0.15, 0.2) is 35.6 Å². The highest BCUT2D eigenvalue weighted by Crippen LogP contribution is 2.31. The van der Waals surface area contributed by atoms with Gasteiger partial charge in [-0.1, -0.05) is 12.7 Å². The standard InChI is InChI=1S/C13H14N2O3/c1-3-6-18-12-11(17-2)9-5-4-8(14)7-10(9)15-13(12)16/h3-5,7H,1,6,14H2,2H3,(H,15,16). The molecule has 0 unspecified atom stereocenters. The third-order valence-corrected chi connectivity index (χ3v) is 2.50. The van der Waals surface area contributed by atoms with Crippen molar-refractivity contribution >= 4 is 16.6 Å². The van der Waals surface area contributed by atoms with Crippen molar-refractivity contribution in [2.75, 3.05) is 19.5 Å². The Labute approximate surface area is 104 Å². The van der Waals surface area contributed by atoms with Crippen molar-refractivity contribution in [2.24, 2.45) is 0 Å². The molecule has 1 heterocycles. The maximum atomic E-state index is 11.9. The number of hydrogen-bond acceptors (Lipinski definition) is 4. The van der Waals surface area contributed by atoms with E-state index in [0.29, 0.717) is 17.0 Å². The third kappa shape index (κ3) is 2.02. The van der Waals surface area contributed by atoms with Crippen LogP contribution in [-0.2, 0) is 0 Å². The van der Waals surface area contributed by atoms with E-state index in [2.05, 4.69) is 11.6 Å². The Hall–Kier alpha value is -2.43. The number of ether oxygens (including phenoxy) is 2. The fourth-order valence-corrected chi connectivity index (χ4v) is 1.74. The highest BCUT2D eigenvalue weighted by atomic mass is 16.5. The minimum Gasteiger partial charge on any atom is -0.492 e. The van der Waals surface area contributed by atoms with Gasteiger partial charge in [0.1, 0.15) is 6.61 Å². The van der Waals surface area contributed by atoms with Crippen LogP contribution < -0.4 is 20.8 Å². The molecule has 2 rings (SSSR count). The molecule has 5 heteroatoms. The van der Waals surface area contributed by atoms with E-state index in [9.17, 15) is 4.79 Å². The largest absolute Gasteiger partial charge is 0.492 e. The number of nitrogens with two attached hydrogens (primary N) is 1. The summed E-state index contributed by atoms with van der Waals surface area (Å²) < 4.78 is 10.6. The lowest BCUT2D eigenvalue weighted by Crippen LogP contribution is -2.13. The summed E-state index contributed by atoms with van der Waals surface area (Å²) >= 11 is 0. The van der Waals surface area contributed by atoms with E-state index in [1.54, 1.807) is 24.3 Å². The summed E-state index contributed by atoms with van der Waals surface area (Å²) in [6.07, 6.45) is 1.56. The molecule has 0 radical (unpaired) electrons. The van der Waals surface area contributed by atoms with Gasteiger partial charge in [-0.25, -0.2) is 0 Å². The van der Waals surface area contributed by atoms with Crippen LogP contribution in [0.3, 0.4) is 0 Å². The van der Waals surface area contributed by atoms with Crippen molar-refractivity contribution in [3.05, 3.63) is 41.2 Å². The minimum absolute atomic E-state index is 0.148. The molecule has 0 aliphatic heterocycles. The summed E-state index contributed by atoms with van der Waals surface area (Å²) in [7, 11) is 1.49. The number of benzene rings is 1. The van der Waals surface area contributed by atoms with Crippen molar-refractivity contribution < 1.29 is 9.47 Å². The molecule has 0 saturated carbocycles. The molecule has 0 bridgehead atoms. The van der Waals surface area contributed by atoms with E-state index in [-0.39, 0.29) is 17.9 Å². The van der Waals surface area contributed by atoms with Crippen molar-refractivity contribution in [3.8, 4) is 11.5 Å². The first kappa shape index (κ1) is 12.0. The fraction of sp³-hybridized carbons (Fsp3) is 0.154. The highest BCUT2D eigenvalue weighted by molar-refractivity contribution is 5.89. The van der Waals surface area contributed by atoms with Crippen LogP contribution in [0.4, 0.5) is 5.69 Å². The number of fused-ring (bicyclic) bond motifs is 1. The minimum atomic E-state index is -0.355. The second-order valence-electron chi connectivity index (χ2n) is 3.72. The lowest BCUT2D eigenvalue weighted by molar-refractivity contribution is 0.324. The molecule has 0 aliphatic carbocycles. The molecule has 0 spiro atoms. The van der Waals surface area contributed by atoms with E-state index in [4.69, 9.17) is 15.2 Å². The van der Waals surface area contributed by atoms with Gasteiger partial charge >= 0.3 is 0 Å². The Kier molecular flexibility index (Phi) is 3.23. The molecule has 1 aromatic carbocycles. The number of aromatic amines is 1. The summed E-state index contributed by atoms with van der Waals surface area (Å²) in [5.41, 5.74) is 6.50. The zero-order chi connectivity index (χ0) is 13.1. The topological polar surface area (TPSA) is 77.3 Å². The molecule has 18 heavy (non-hydrogen) atoms. The second kappa shape index (κ2) is 4.83. The number of anilines is 1. The Morgan fingerprint density at radius 2 is 2.22 bits per heavy atom. The van der Waals surface area contributed by atoms with E-state index >= 15 is 0 Å². The van der Waals surface area contributed by atoms with Crippen LogP contribution in [0.1, 0.15) is 0 Å². The second-order valence-corrected chi connectivity index (χ2v) is 3.72. The Morgan fingerprint density at radius 1 is 1.44 bits per heavy atom. The van der Waals surface area contributed by atoms with Crippen LogP contribution in [0.25, 0.3) is 10.9 Å². The summed E-state index contributed by atoms with van der Waals surface area (Å²) in [6, 6.07) is 5.19. The Morgan fingerprint density at radius 3 is 2.89 bits per heavy atom. The average molecular weight is 246 g/mol. The van der Waals surface area contributed by atoms with Crippen molar-refractivity contribution in [1.29, 1.82) is 0 Å². The summed E-state index contributed by atoms with van der Waals surface area (Å²) in [4.78, 5) is 14.6. The number of aromatic nitrogens is 1. The normalized spacial score (nSPS) is 10.3. The predicted octanol–water partition coefficient (Wildman–Crippen LogP) is 1.68. The number of pyridine rings is 1. The van der Waals surface area contributed by atoms with Gasteiger partial charge in [0.05, 0.1) is 12.6 Å². The highest BCUT2D eigenvalue weighted by Gasteiger charge is 2.14. The van der Waals surface area contributed by atoms with Gasteiger partial charge < -0.3 is 20.2 Å². The van der Waals surface area contributed by atoms with Crippen LogP contribution in [0, 0.1) is 0 Å². The van der Waals surface area contributed by atoms with Gasteiger partial charge in [0.15, 0.2) is 5.75 Å². The molecule has 0 saturated heterocycles. The average Bonchev–Trinajstić information content (AvgIpc) is 2.35. The van der Waals surface area contributed by atoms with Crippen molar-refractivity contribution in [1.82, 2.24) is 4.98 Å². The number of nitrogens with one attached hydrogen (secondary N) is 1. The third-order valence-electron chi connectivity index (χ3n) is 2.50. The number of methoxy groups -OCH3 is 1. The number of hydrogen-bond donors (Lipinski definition) is 2. The molecule has 5 nitrogen and oxygen atoms in total. The van der Waals surface area contributed by atoms with Crippen molar-refractivity contribution in [3.63, 3.8) is 0 Å². The fourth-order valence-electron chi connectivity index (χ4n) is 1.74. The molecule has 2 aromatic rings. The number of nitrogen functional groups attached to an aromatic ring is 1. The van der Waals surface area contributed by atoms with E-state index < -0.39 is 0 Å².